The fourth-order valence-corrected chi connectivity index (χ4v) is 3.71. The first-order chi connectivity index (χ1) is 12.2. The van der Waals surface area contributed by atoms with E-state index >= 15 is 0 Å². The minimum Gasteiger partial charge on any atom is -0.315 e. The second-order valence-electron chi connectivity index (χ2n) is 6.65. The molecule has 25 heavy (non-hydrogen) atoms. The van der Waals surface area contributed by atoms with E-state index in [0.717, 1.165) is 54.7 Å². The van der Waals surface area contributed by atoms with Crippen molar-refractivity contribution in [2.75, 3.05) is 26.2 Å². The van der Waals surface area contributed by atoms with Gasteiger partial charge in [-0.2, -0.15) is 0 Å². The summed E-state index contributed by atoms with van der Waals surface area (Å²) < 4.78 is 2.29. The molecule has 0 spiro atoms. The number of aryl methyl sites for hydroxylation is 1. The van der Waals surface area contributed by atoms with Gasteiger partial charge in [0.05, 0.1) is 11.4 Å². The number of hydrogen-bond donors (Lipinski definition) is 1. The van der Waals surface area contributed by atoms with Crippen LogP contribution >= 0.6 is 11.6 Å². The molecule has 0 amide bonds. The number of benzene rings is 1. The molecule has 1 N–H and O–H groups in total. The van der Waals surface area contributed by atoms with Crippen LogP contribution in [0.3, 0.4) is 0 Å². The Morgan fingerprint density at radius 2 is 1.92 bits per heavy atom. The van der Waals surface area contributed by atoms with Gasteiger partial charge in [0.25, 0.3) is 0 Å². The van der Waals surface area contributed by atoms with Gasteiger partial charge in [0.1, 0.15) is 5.65 Å². The minimum atomic E-state index is 0.754. The minimum absolute atomic E-state index is 0.754. The summed E-state index contributed by atoms with van der Waals surface area (Å²) in [7, 11) is 0. The Labute approximate surface area is 153 Å². The zero-order chi connectivity index (χ0) is 17.2. The maximum Gasteiger partial charge on any atom is 0.137 e. The van der Waals surface area contributed by atoms with E-state index in [1.165, 1.54) is 17.8 Å². The molecule has 1 fully saturated rings. The van der Waals surface area contributed by atoms with Crippen LogP contribution in [-0.2, 0) is 6.54 Å². The Morgan fingerprint density at radius 1 is 1.08 bits per heavy atom. The van der Waals surface area contributed by atoms with Crippen molar-refractivity contribution in [1.29, 1.82) is 0 Å². The van der Waals surface area contributed by atoms with Gasteiger partial charge in [-0.25, -0.2) is 4.98 Å². The molecule has 0 bridgehead atoms. The fraction of sp³-hybridized carbons (Fsp3) is 0.350. The number of nitrogens with zero attached hydrogens (tertiary/aromatic N) is 3. The van der Waals surface area contributed by atoms with Crippen molar-refractivity contribution >= 4 is 17.2 Å². The summed E-state index contributed by atoms with van der Waals surface area (Å²) >= 11 is 6.08. The average Bonchev–Trinajstić information content (AvgIpc) is 2.79. The standard InChI is InChI=1S/C20H23ClN4/c1-15-4-2-5-19-23-20(16-6-8-17(21)9-7-16)18(25(15)19)14-24-12-3-10-22-11-13-24/h2,4-9,22H,3,10-14H2,1H3. The van der Waals surface area contributed by atoms with Gasteiger partial charge in [-0.05, 0) is 50.7 Å². The van der Waals surface area contributed by atoms with E-state index in [-0.39, 0.29) is 0 Å². The number of pyridine rings is 1. The summed E-state index contributed by atoms with van der Waals surface area (Å²) in [5.74, 6) is 0. The van der Waals surface area contributed by atoms with Crippen LogP contribution in [0.1, 0.15) is 17.8 Å². The molecule has 0 aliphatic carbocycles. The normalized spacial score (nSPS) is 16.2. The van der Waals surface area contributed by atoms with Crippen molar-refractivity contribution < 1.29 is 0 Å². The Kier molecular flexibility index (Phi) is 4.75. The lowest BCUT2D eigenvalue weighted by Crippen LogP contribution is -2.28. The van der Waals surface area contributed by atoms with E-state index in [1.807, 2.05) is 12.1 Å². The molecular weight excluding hydrogens is 332 g/mol. The van der Waals surface area contributed by atoms with E-state index in [1.54, 1.807) is 0 Å². The summed E-state index contributed by atoms with van der Waals surface area (Å²) in [6, 6.07) is 14.3. The summed E-state index contributed by atoms with van der Waals surface area (Å²) in [6.45, 7) is 7.39. The molecular formula is C20H23ClN4. The van der Waals surface area contributed by atoms with Gasteiger partial charge in [-0.3, -0.25) is 9.30 Å². The molecule has 4 rings (SSSR count). The van der Waals surface area contributed by atoms with Gasteiger partial charge in [0, 0.05) is 35.9 Å². The van der Waals surface area contributed by atoms with Crippen molar-refractivity contribution in [1.82, 2.24) is 19.6 Å². The van der Waals surface area contributed by atoms with Gasteiger partial charge >= 0.3 is 0 Å². The first-order valence-electron chi connectivity index (χ1n) is 8.88. The molecule has 1 aliphatic heterocycles. The molecule has 1 aliphatic rings. The molecule has 4 nitrogen and oxygen atoms in total. The highest BCUT2D eigenvalue weighted by Gasteiger charge is 2.19. The van der Waals surface area contributed by atoms with E-state index in [2.05, 4.69) is 51.9 Å². The molecule has 3 heterocycles. The molecule has 0 radical (unpaired) electrons. The maximum absolute atomic E-state index is 6.08. The Hall–Kier alpha value is -1.88. The number of fused-ring (bicyclic) bond motifs is 1. The average molecular weight is 355 g/mol. The van der Waals surface area contributed by atoms with Gasteiger partial charge in [-0.1, -0.05) is 29.8 Å². The van der Waals surface area contributed by atoms with Crippen LogP contribution in [0.4, 0.5) is 0 Å². The van der Waals surface area contributed by atoms with Gasteiger partial charge in [0.2, 0.25) is 0 Å². The molecule has 2 aromatic heterocycles. The monoisotopic (exact) mass is 354 g/mol. The van der Waals surface area contributed by atoms with Crippen LogP contribution in [0, 0.1) is 6.92 Å². The molecule has 1 aromatic carbocycles. The summed E-state index contributed by atoms with van der Waals surface area (Å²) in [4.78, 5) is 7.46. The van der Waals surface area contributed by atoms with E-state index in [0.29, 0.717) is 0 Å². The topological polar surface area (TPSA) is 32.6 Å². The van der Waals surface area contributed by atoms with Crippen LogP contribution in [0.5, 0.6) is 0 Å². The summed E-state index contributed by atoms with van der Waals surface area (Å²) in [6.07, 6.45) is 1.19. The highest BCUT2D eigenvalue weighted by molar-refractivity contribution is 6.30. The summed E-state index contributed by atoms with van der Waals surface area (Å²) in [5, 5.41) is 4.23. The third-order valence-electron chi connectivity index (χ3n) is 4.86. The quantitative estimate of drug-likeness (QED) is 0.777. The Bertz CT molecular complexity index is 861. The zero-order valence-corrected chi connectivity index (χ0v) is 15.3. The third kappa shape index (κ3) is 3.43. The maximum atomic E-state index is 6.08. The first kappa shape index (κ1) is 16.6. The number of imidazole rings is 1. The van der Waals surface area contributed by atoms with Crippen LogP contribution in [0.2, 0.25) is 5.02 Å². The second kappa shape index (κ2) is 7.16. The predicted octanol–water partition coefficient (Wildman–Crippen LogP) is 3.76. The lowest BCUT2D eigenvalue weighted by Gasteiger charge is -2.20. The molecule has 0 unspecified atom stereocenters. The van der Waals surface area contributed by atoms with Gasteiger partial charge in [0.15, 0.2) is 0 Å². The van der Waals surface area contributed by atoms with Gasteiger partial charge < -0.3 is 5.32 Å². The third-order valence-corrected chi connectivity index (χ3v) is 5.11. The van der Waals surface area contributed by atoms with Gasteiger partial charge in [-0.15, -0.1) is 0 Å². The van der Waals surface area contributed by atoms with E-state index in [9.17, 15) is 0 Å². The van der Waals surface area contributed by atoms with Crippen LogP contribution in [-0.4, -0.2) is 40.5 Å². The Balaban J connectivity index is 1.81. The molecule has 0 atom stereocenters. The van der Waals surface area contributed by atoms with Crippen molar-refractivity contribution in [3.63, 3.8) is 0 Å². The van der Waals surface area contributed by atoms with E-state index in [4.69, 9.17) is 16.6 Å². The fourth-order valence-electron chi connectivity index (χ4n) is 3.58. The molecule has 3 aromatic rings. The number of halogens is 1. The molecule has 5 heteroatoms. The molecule has 0 saturated carbocycles. The highest BCUT2D eigenvalue weighted by atomic mass is 35.5. The number of hydrogen-bond acceptors (Lipinski definition) is 3. The first-order valence-corrected chi connectivity index (χ1v) is 9.26. The number of aromatic nitrogens is 2. The molecule has 1 saturated heterocycles. The van der Waals surface area contributed by atoms with Crippen LogP contribution in [0.25, 0.3) is 16.9 Å². The van der Waals surface area contributed by atoms with Crippen molar-refractivity contribution in [3.05, 3.63) is 58.9 Å². The van der Waals surface area contributed by atoms with Crippen molar-refractivity contribution in [3.8, 4) is 11.3 Å². The van der Waals surface area contributed by atoms with Crippen LogP contribution < -0.4 is 5.32 Å². The van der Waals surface area contributed by atoms with E-state index < -0.39 is 0 Å². The predicted molar refractivity (Wildman–Crippen MR) is 103 cm³/mol. The highest BCUT2D eigenvalue weighted by Crippen LogP contribution is 2.28. The lowest BCUT2D eigenvalue weighted by atomic mass is 10.1. The largest absolute Gasteiger partial charge is 0.315 e. The second-order valence-corrected chi connectivity index (χ2v) is 7.09. The lowest BCUT2D eigenvalue weighted by molar-refractivity contribution is 0.280. The molecule has 130 valence electrons. The number of rotatable bonds is 3. The zero-order valence-electron chi connectivity index (χ0n) is 14.5. The Morgan fingerprint density at radius 3 is 2.76 bits per heavy atom. The number of nitrogens with one attached hydrogen (secondary N) is 1. The van der Waals surface area contributed by atoms with Crippen molar-refractivity contribution in [2.24, 2.45) is 0 Å². The van der Waals surface area contributed by atoms with Crippen molar-refractivity contribution in [2.45, 2.75) is 19.9 Å². The smallest absolute Gasteiger partial charge is 0.137 e. The summed E-state index contributed by atoms with van der Waals surface area (Å²) in [5.41, 5.74) is 5.66. The van der Waals surface area contributed by atoms with Crippen LogP contribution in [0.15, 0.2) is 42.5 Å². The SMILES string of the molecule is Cc1cccc2nc(-c3ccc(Cl)cc3)c(CN3CCCNCC3)n12.